The Morgan fingerprint density at radius 3 is 2.04 bits per heavy atom. The van der Waals surface area contributed by atoms with Gasteiger partial charge in [-0.2, -0.15) is 0 Å². The van der Waals surface area contributed by atoms with Gasteiger partial charge in [-0.15, -0.1) is 0 Å². The van der Waals surface area contributed by atoms with Crippen molar-refractivity contribution in [2.75, 3.05) is 17.5 Å². The van der Waals surface area contributed by atoms with Gasteiger partial charge in [0.25, 0.3) is 10.0 Å². The Morgan fingerprint density at radius 2 is 1.57 bits per heavy atom. The van der Waals surface area contributed by atoms with E-state index in [0.717, 1.165) is 0 Å². The second-order valence-corrected chi connectivity index (χ2v) is 7.44. The molecular formula is C16H17Cl2NO3S. The van der Waals surface area contributed by atoms with Crippen LogP contribution in [0.2, 0.25) is 10.0 Å². The SMILES string of the molecule is CCOc1ccc(S(=O)(=O)N(CC)c2cc(Cl)cc(Cl)c2)cc1. The predicted molar refractivity (Wildman–Crippen MR) is 94.3 cm³/mol. The minimum absolute atomic E-state index is 0.180. The number of benzene rings is 2. The molecular weight excluding hydrogens is 357 g/mol. The molecule has 0 fully saturated rings. The molecule has 23 heavy (non-hydrogen) atoms. The van der Waals surface area contributed by atoms with Crippen molar-refractivity contribution in [1.82, 2.24) is 0 Å². The fraction of sp³-hybridized carbons (Fsp3) is 0.250. The van der Waals surface area contributed by atoms with Gasteiger partial charge in [0.05, 0.1) is 17.2 Å². The summed E-state index contributed by atoms with van der Waals surface area (Å²) in [5.41, 5.74) is 0.430. The summed E-state index contributed by atoms with van der Waals surface area (Å²) in [6, 6.07) is 11.0. The number of halogens is 2. The molecule has 124 valence electrons. The second kappa shape index (κ2) is 7.43. The highest BCUT2D eigenvalue weighted by Crippen LogP contribution is 2.30. The number of hydrogen-bond donors (Lipinski definition) is 0. The maximum Gasteiger partial charge on any atom is 0.264 e. The lowest BCUT2D eigenvalue weighted by atomic mass is 10.3. The average molecular weight is 374 g/mol. The molecule has 0 aliphatic heterocycles. The smallest absolute Gasteiger partial charge is 0.264 e. The molecule has 0 aliphatic carbocycles. The van der Waals surface area contributed by atoms with E-state index in [0.29, 0.717) is 28.1 Å². The van der Waals surface area contributed by atoms with Gasteiger partial charge in [0.1, 0.15) is 5.75 Å². The Kier molecular flexibility index (Phi) is 5.79. The molecule has 0 saturated carbocycles. The Labute approximate surface area is 146 Å². The van der Waals surface area contributed by atoms with E-state index in [1.54, 1.807) is 37.3 Å². The van der Waals surface area contributed by atoms with E-state index in [1.807, 2.05) is 6.92 Å². The molecule has 7 heteroatoms. The van der Waals surface area contributed by atoms with Crippen molar-refractivity contribution in [3.8, 4) is 5.75 Å². The molecule has 0 heterocycles. The van der Waals surface area contributed by atoms with Crippen LogP contribution in [-0.4, -0.2) is 21.6 Å². The fourth-order valence-electron chi connectivity index (χ4n) is 2.18. The zero-order valence-electron chi connectivity index (χ0n) is 12.8. The molecule has 0 aliphatic rings. The number of ether oxygens (including phenoxy) is 1. The van der Waals surface area contributed by atoms with E-state index < -0.39 is 10.0 Å². The normalized spacial score (nSPS) is 11.3. The Morgan fingerprint density at radius 1 is 1.00 bits per heavy atom. The summed E-state index contributed by atoms with van der Waals surface area (Å²) in [6.45, 7) is 4.40. The van der Waals surface area contributed by atoms with E-state index in [9.17, 15) is 8.42 Å². The Bertz CT molecular complexity index is 756. The molecule has 0 atom stereocenters. The van der Waals surface area contributed by atoms with Gasteiger partial charge in [0, 0.05) is 16.6 Å². The minimum atomic E-state index is -3.71. The quantitative estimate of drug-likeness (QED) is 0.742. The number of nitrogens with zero attached hydrogens (tertiary/aromatic N) is 1. The number of anilines is 1. The Balaban J connectivity index is 2.42. The van der Waals surface area contributed by atoms with E-state index in [4.69, 9.17) is 27.9 Å². The lowest BCUT2D eigenvalue weighted by molar-refractivity contribution is 0.340. The van der Waals surface area contributed by atoms with E-state index in [2.05, 4.69) is 0 Å². The zero-order valence-corrected chi connectivity index (χ0v) is 15.1. The predicted octanol–water partition coefficient (Wildman–Crippen LogP) is 4.61. The summed E-state index contributed by atoms with van der Waals surface area (Å²) in [4.78, 5) is 0.180. The van der Waals surface area contributed by atoms with Crippen LogP contribution in [0.15, 0.2) is 47.4 Å². The van der Waals surface area contributed by atoms with Crippen LogP contribution in [0.4, 0.5) is 5.69 Å². The average Bonchev–Trinajstić information content (AvgIpc) is 2.47. The molecule has 0 unspecified atom stereocenters. The molecule has 2 aromatic carbocycles. The number of rotatable bonds is 6. The van der Waals surface area contributed by atoms with Crippen LogP contribution in [-0.2, 0) is 10.0 Å². The van der Waals surface area contributed by atoms with Crippen molar-refractivity contribution in [3.05, 3.63) is 52.5 Å². The van der Waals surface area contributed by atoms with E-state index in [1.165, 1.54) is 16.4 Å². The molecule has 0 saturated heterocycles. The van der Waals surface area contributed by atoms with Gasteiger partial charge in [-0.1, -0.05) is 23.2 Å². The van der Waals surface area contributed by atoms with Crippen LogP contribution >= 0.6 is 23.2 Å². The van der Waals surface area contributed by atoms with Crippen LogP contribution in [0, 0.1) is 0 Å². The summed E-state index contributed by atoms with van der Waals surface area (Å²) in [5, 5.41) is 0.765. The summed E-state index contributed by atoms with van der Waals surface area (Å²) in [6.07, 6.45) is 0. The van der Waals surface area contributed by atoms with Gasteiger partial charge >= 0.3 is 0 Å². The minimum Gasteiger partial charge on any atom is -0.494 e. The van der Waals surface area contributed by atoms with Gasteiger partial charge in [-0.3, -0.25) is 4.31 Å². The third-order valence-electron chi connectivity index (χ3n) is 3.15. The highest BCUT2D eigenvalue weighted by molar-refractivity contribution is 7.92. The highest BCUT2D eigenvalue weighted by atomic mass is 35.5. The van der Waals surface area contributed by atoms with Crippen molar-refractivity contribution >= 4 is 38.9 Å². The lowest BCUT2D eigenvalue weighted by Crippen LogP contribution is -2.30. The van der Waals surface area contributed by atoms with Crippen molar-refractivity contribution in [1.29, 1.82) is 0 Å². The third kappa shape index (κ3) is 4.10. The molecule has 0 amide bonds. The summed E-state index contributed by atoms with van der Waals surface area (Å²) in [5.74, 6) is 0.625. The summed E-state index contributed by atoms with van der Waals surface area (Å²) >= 11 is 12.0. The van der Waals surface area contributed by atoms with Crippen LogP contribution in [0.1, 0.15) is 13.8 Å². The van der Waals surface area contributed by atoms with Gasteiger partial charge in [0.15, 0.2) is 0 Å². The van der Waals surface area contributed by atoms with Crippen molar-refractivity contribution < 1.29 is 13.2 Å². The van der Waals surface area contributed by atoms with Crippen molar-refractivity contribution in [3.63, 3.8) is 0 Å². The van der Waals surface area contributed by atoms with Gasteiger partial charge in [0.2, 0.25) is 0 Å². The molecule has 0 radical (unpaired) electrons. The molecule has 0 N–H and O–H groups in total. The Hall–Kier alpha value is -1.43. The topological polar surface area (TPSA) is 46.6 Å². The van der Waals surface area contributed by atoms with Gasteiger partial charge < -0.3 is 4.74 Å². The fourth-order valence-corrected chi connectivity index (χ4v) is 4.15. The molecule has 0 spiro atoms. The third-order valence-corrected chi connectivity index (χ3v) is 5.50. The second-order valence-electron chi connectivity index (χ2n) is 4.70. The highest BCUT2D eigenvalue weighted by Gasteiger charge is 2.24. The van der Waals surface area contributed by atoms with Crippen LogP contribution in [0.5, 0.6) is 5.75 Å². The summed E-state index contributed by atoms with van der Waals surface area (Å²) < 4.78 is 32.3. The summed E-state index contributed by atoms with van der Waals surface area (Å²) in [7, 11) is -3.71. The largest absolute Gasteiger partial charge is 0.494 e. The van der Waals surface area contributed by atoms with Crippen LogP contribution < -0.4 is 9.04 Å². The maximum absolute atomic E-state index is 12.9. The standard InChI is InChI=1S/C16H17Cl2NO3S/c1-3-19(14-10-12(17)9-13(18)11-14)23(20,21)16-7-5-15(6-8-16)22-4-2/h5-11H,3-4H2,1-2H3. The first-order chi connectivity index (χ1) is 10.9. The molecule has 0 bridgehead atoms. The van der Waals surface area contributed by atoms with Crippen molar-refractivity contribution in [2.24, 2.45) is 0 Å². The first-order valence-corrected chi connectivity index (χ1v) is 9.29. The monoisotopic (exact) mass is 373 g/mol. The van der Waals surface area contributed by atoms with E-state index >= 15 is 0 Å². The first-order valence-electron chi connectivity index (χ1n) is 7.10. The van der Waals surface area contributed by atoms with Gasteiger partial charge in [-0.05, 0) is 56.3 Å². The first kappa shape index (κ1) is 17.9. The van der Waals surface area contributed by atoms with Crippen LogP contribution in [0.3, 0.4) is 0 Å². The number of hydrogen-bond acceptors (Lipinski definition) is 3. The van der Waals surface area contributed by atoms with E-state index in [-0.39, 0.29) is 11.4 Å². The molecule has 0 aromatic heterocycles. The molecule has 2 rings (SSSR count). The molecule has 2 aromatic rings. The van der Waals surface area contributed by atoms with Crippen molar-refractivity contribution in [2.45, 2.75) is 18.7 Å². The number of sulfonamides is 1. The van der Waals surface area contributed by atoms with Crippen LogP contribution in [0.25, 0.3) is 0 Å². The zero-order chi connectivity index (χ0) is 17.0. The molecule has 4 nitrogen and oxygen atoms in total. The van der Waals surface area contributed by atoms with Gasteiger partial charge in [-0.25, -0.2) is 8.42 Å². The maximum atomic E-state index is 12.9. The lowest BCUT2D eigenvalue weighted by Gasteiger charge is -2.23.